The molecular formula is C26H37N3O3. The molecule has 1 aromatic heterocycles. The molecule has 32 heavy (non-hydrogen) atoms. The van der Waals surface area contributed by atoms with Gasteiger partial charge in [-0.25, -0.2) is 0 Å². The Hall–Kier alpha value is -2.47. The minimum Gasteiger partial charge on any atom is -0.486 e. The Bertz CT molecular complexity index is 944. The van der Waals surface area contributed by atoms with E-state index in [9.17, 15) is 4.79 Å². The Balaban J connectivity index is 1.74. The molecule has 0 bridgehead atoms. The van der Waals surface area contributed by atoms with E-state index in [-0.39, 0.29) is 5.91 Å². The molecule has 1 fully saturated rings. The lowest BCUT2D eigenvalue weighted by Crippen LogP contribution is -2.33. The van der Waals surface area contributed by atoms with E-state index >= 15 is 0 Å². The fourth-order valence-corrected chi connectivity index (χ4v) is 5.14. The Kier molecular flexibility index (Phi) is 7.40. The van der Waals surface area contributed by atoms with Crippen LogP contribution in [0.15, 0.2) is 18.2 Å². The van der Waals surface area contributed by atoms with Crippen LogP contribution in [0.2, 0.25) is 0 Å². The highest BCUT2D eigenvalue weighted by Gasteiger charge is 2.26. The van der Waals surface area contributed by atoms with Gasteiger partial charge >= 0.3 is 0 Å². The number of piperidine rings is 1. The number of carbonyl (C=O) groups is 1. The van der Waals surface area contributed by atoms with Gasteiger partial charge in [-0.1, -0.05) is 32.3 Å². The lowest BCUT2D eigenvalue weighted by Gasteiger charge is -2.27. The molecule has 0 spiro atoms. The van der Waals surface area contributed by atoms with Crippen molar-refractivity contribution in [3.8, 4) is 22.6 Å². The third-order valence-electron chi connectivity index (χ3n) is 6.81. The maximum Gasteiger partial charge on any atom is 0.251 e. The van der Waals surface area contributed by atoms with Crippen LogP contribution >= 0.6 is 0 Å². The highest BCUT2D eigenvalue weighted by Crippen LogP contribution is 2.39. The number of primary amides is 1. The Morgan fingerprint density at radius 1 is 1.03 bits per heavy atom. The molecule has 0 unspecified atom stereocenters. The van der Waals surface area contributed by atoms with Crippen LogP contribution in [0.4, 0.5) is 0 Å². The van der Waals surface area contributed by atoms with E-state index in [0.29, 0.717) is 18.8 Å². The molecule has 1 amide bonds. The third kappa shape index (κ3) is 4.80. The standard InChI is InChI=1S/C26H37N3O3/c1-3-4-6-9-21-25(20-10-11-22-23(18-20)32-17-16-31-22)24(26(27)30)19(2)29(21)15-14-28-12-7-5-8-13-28/h10-11,18H,3-9,12-17H2,1-2H3,(H2,27,30). The molecule has 4 rings (SSSR count). The second-order valence-electron chi connectivity index (χ2n) is 9.02. The number of unbranched alkanes of at least 4 members (excludes halogenated alkanes) is 2. The Morgan fingerprint density at radius 3 is 2.50 bits per heavy atom. The molecule has 6 nitrogen and oxygen atoms in total. The van der Waals surface area contributed by atoms with Gasteiger partial charge in [0.1, 0.15) is 13.2 Å². The average Bonchev–Trinajstić information content (AvgIpc) is 3.09. The number of amides is 1. The fraction of sp³-hybridized carbons (Fsp3) is 0.577. The van der Waals surface area contributed by atoms with Gasteiger partial charge in [-0.2, -0.15) is 0 Å². The van der Waals surface area contributed by atoms with Crippen molar-refractivity contribution < 1.29 is 14.3 Å². The normalized spacial score (nSPS) is 16.3. The summed E-state index contributed by atoms with van der Waals surface area (Å²) in [7, 11) is 0. The number of aromatic nitrogens is 1. The molecule has 0 aliphatic carbocycles. The van der Waals surface area contributed by atoms with Gasteiger partial charge in [0.2, 0.25) is 0 Å². The number of nitrogens with two attached hydrogens (primary N) is 1. The van der Waals surface area contributed by atoms with Crippen LogP contribution in [0.3, 0.4) is 0 Å². The number of hydrogen-bond donors (Lipinski definition) is 1. The molecule has 6 heteroatoms. The van der Waals surface area contributed by atoms with E-state index < -0.39 is 0 Å². The van der Waals surface area contributed by atoms with Crippen LogP contribution in [-0.4, -0.2) is 48.2 Å². The van der Waals surface area contributed by atoms with Gasteiger partial charge in [0, 0.05) is 30.0 Å². The molecule has 1 aromatic carbocycles. The summed E-state index contributed by atoms with van der Waals surface area (Å²) in [5.74, 6) is 1.14. The van der Waals surface area contributed by atoms with E-state index in [1.165, 1.54) is 44.5 Å². The largest absolute Gasteiger partial charge is 0.486 e. The highest BCUT2D eigenvalue weighted by atomic mass is 16.6. The molecule has 2 aliphatic heterocycles. The summed E-state index contributed by atoms with van der Waals surface area (Å²) in [6.45, 7) is 9.60. The third-order valence-corrected chi connectivity index (χ3v) is 6.81. The summed E-state index contributed by atoms with van der Waals surface area (Å²) < 4.78 is 13.9. The van der Waals surface area contributed by atoms with Crippen molar-refractivity contribution >= 4 is 5.91 Å². The van der Waals surface area contributed by atoms with E-state index in [4.69, 9.17) is 15.2 Å². The van der Waals surface area contributed by atoms with E-state index in [2.05, 4.69) is 16.4 Å². The molecular weight excluding hydrogens is 402 g/mol. The van der Waals surface area contributed by atoms with Crippen molar-refractivity contribution in [1.82, 2.24) is 9.47 Å². The van der Waals surface area contributed by atoms with Gasteiger partial charge < -0.3 is 24.7 Å². The monoisotopic (exact) mass is 439 g/mol. The lowest BCUT2D eigenvalue weighted by atomic mass is 9.97. The predicted octanol–water partition coefficient (Wildman–Crippen LogP) is 4.55. The van der Waals surface area contributed by atoms with Crippen molar-refractivity contribution in [2.75, 3.05) is 32.8 Å². The smallest absolute Gasteiger partial charge is 0.251 e. The molecule has 0 atom stereocenters. The molecule has 2 aromatic rings. The Labute approximate surface area is 191 Å². The number of benzene rings is 1. The SMILES string of the molecule is CCCCCc1c(-c2ccc3c(c2)OCCO3)c(C(N)=O)c(C)n1CCN1CCCCC1. The number of likely N-dealkylation sites (tertiary alicyclic amines) is 1. The van der Waals surface area contributed by atoms with E-state index in [1.54, 1.807) is 0 Å². The zero-order valence-corrected chi connectivity index (χ0v) is 19.6. The van der Waals surface area contributed by atoms with Crippen LogP contribution in [0.5, 0.6) is 11.5 Å². The van der Waals surface area contributed by atoms with Crippen LogP contribution in [-0.2, 0) is 13.0 Å². The predicted molar refractivity (Wildman–Crippen MR) is 128 cm³/mol. The van der Waals surface area contributed by atoms with Crippen LogP contribution < -0.4 is 15.2 Å². The quantitative estimate of drug-likeness (QED) is 0.582. The minimum absolute atomic E-state index is 0.360. The van der Waals surface area contributed by atoms with Gasteiger partial charge in [0.05, 0.1) is 5.56 Å². The number of fused-ring (bicyclic) bond motifs is 1. The first kappa shape index (κ1) is 22.7. The van der Waals surface area contributed by atoms with Crippen molar-refractivity contribution in [2.24, 2.45) is 5.73 Å². The molecule has 3 heterocycles. The lowest BCUT2D eigenvalue weighted by molar-refractivity contribution is 0.1000. The summed E-state index contributed by atoms with van der Waals surface area (Å²) >= 11 is 0. The van der Waals surface area contributed by atoms with Crippen LogP contribution in [0.1, 0.15) is 67.2 Å². The van der Waals surface area contributed by atoms with Crippen molar-refractivity contribution in [3.63, 3.8) is 0 Å². The topological polar surface area (TPSA) is 69.7 Å². The zero-order chi connectivity index (χ0) is 22.5. The van der Waals surface area contributed by atoms with Gasteiger partial charge in [-0.05, 0) is 63.4 Å². The van der Waals surface area contributed by atoms with Gasteiger partial charge in [-0.3, -0.25) is 4.79 Å². The summed E-state index contributed by atoms with van der Waals surface area (Å²) in [5, 5.41) is 0. The molecule has 2 N–H and O–H groups in total. The van der Waals surface area contributed by atoms with Gasteiger partial charge in [0.25, 0.3) is 5.91 Å². The molecule has 0 radical (unpaired) electrons. The fourth-order valence-electron chi connectivity index (χ4n) is 5.14. The number of nitrogens with zero attached hydrogens (tertiary/aromatic N) is 2. The summed E-state index contributed by atoms with van der Waals surface area (Å²) in [6.07, 6.45) is 8.26. The first-order valence-electron chi connectivity index (χ1n) is 12.2. The summed E-state index contributed by atoms with van der Waals surface area (Å²) in [6, 6.07) is 5.99. The maximum absolute atomic E-state index is 12.6. The first-order valence-corrected chi connectivity index (χ1v) is 12.2. The zero-order valence-electron chi connectivity index (χ0n) is 19.6. The number of ether oxygens (including phenoxy) is 2. The molecule has 2 aliphatic rings. The highest BCUT2D eigenvalue weighted by molar-refractivity contribution is 6.02. The van der Waals surface area contributed by atoms with E-state index in [1.807, 2.05) is 25.1 Å². The second-order valence-corrected chi connectivity index (χ2v) is 9.02. The van der Waals surface area contributed by atoms with Crippen molar-refractivity contribution in [2.45, 2.75) is 65.3 Å². The number of hydrogen-bond acceptors (Lipinski definition) is 4. The van der Waals surface area contributed by atoms with Crippen molar-refractivity contribution in [3.05, 3.63) is 35.2 Å². The van der Waals surface area contributed by atoms with Crippen LogP contribution in [0.25, 0.3) is 11.1 Å². The molecule has 1 saturated heterocycles. The van der Waals surface area contributed by atoms with E-state index in [0.717, 1.165) is 60.7 Å². The Morgan fingerprint density at radius 2 is 1.78 bits per heavy atom. The minimum atomic E-state index is -0.360. The summed E-state index contributed by atoms with van der Waals surface area (Å²) in [5.41, 5.74) is 10.7. The maximum atomic E-state index is 12.6. The van der Waals surface area contributed by atoms with Crippen LogP contribution in [0, 0.1) is 6.92 Å². The molecule has 0 saturated carbocycles. The number of carbonyl (C=O) groups excluding carboxylic acids is 1. The summed E-state index contributed by atoms with van der Waals surface area (Å²) in [4.78, 5) is 15.2. The second kappa shape index (κ2) is 10.4. The first-order chi connectivity index (χ1) is 15.6. The molecule has 174 valence electrons. The number of rotatable bonds is 9. The average molecular weight is 440 g/mol. The van der Waals surface area contributed by atoms with Crippen molar-refractivity contribution in [1.29, 1.82) is 0 Å². The van der Waals surface area contributed by atoms with Gasteiger partial charge in [0.15, 0.2) is 11.5 Å². The van der Waals surface area contributed by atoms with Gasteiger partial charge in [-0.15, -0.1) is 0 Å².